The van der Waals surface area contributed by atoms with Gasteiger partial charge < -0.3 is 5.32 Å². The maximum Gasteiger partial charge on any atom is 0.345 e. The molecular formula is C11H8BrN5O2S2. The van der Waals surface area contributed by atoms with Crippen molar-refractivity contribution in [1.82, 2.24) is 10.4 Å². The van der Waals surface area contributed by atoms with Gasteiger partial charge in [-0.25, -0.2) is 4.98 Å². The summed E-state index contributed by atoms with van der Waals surface area (Å²) < 4.78 is 0.947. The summed E-state index contributed by atoms with van der Waals surface area (Å²) in [7, 11) is 0. The molecule has 0 spiro atoms. The fourth-order valence-electron chi connectivity index (χ4n) is 1.29. The van der Waals surface area contributed by atoms with Crippen molar-refractivity contribution >= 4 is 60.9 Å². The Morgan fingerprint density at radius 2 is 2.38 bits per heavy atom. The number of halogens is 1. The highest BCUT2D eigenvalue weighted by Gasteiger charge is 2.11. The van der Waals surface area contributed by atoms with Gasteiger partial charge in [0.15, 0.2) is 10.2 Å². The fourth-order valence-corrected chi connectivity index (χ4v) is 2.55. The third-order valence-corrected chi connectivity index (χ3v) is 3.67. The monoisotopic (exact) mass is 385 g/mol. The van der Waals surface area contributed by atoms with Crippen molar-refractivity contribution in [2.75, 3.05) is 5.32 Å². The van der Waals surface area contributed by atoms with Gasteiger partial charge in [-0.1, -0.05) is 28.1 Å². The Morgan fingerprint density at radius 1 is 1.57 bits per heavy atom. The number of anilines is 1. The molecule has 0 aliphatic carbocycles. The molecule has 2 aromatic rings. The van der Waals surface area contributed by atoms with Crippen molar-refractivity contribution in [2.45, 2.75) is 0 Å². The molecular weight excluding hydrogens is 378 g/mol. The number of thiazole rings is 1. The summed E-state index contributed by atoms with van der Waals surface area (Å²) in [4.78, 5) is 13.9. The largest absolute Gasteiger partial charge is 0.345 e. The van der Waals surface area contributed by atoms with Gasteiger partial charge in [0, 0.05) is 4.47 Å². The highest BCUT2D eigenvalue weighted by molar-refractivity contribution is 9.10. The zero-order valence-corrected chi connectivity index (χ0v) is 13.5. The zero-order chi connectivity index (χ0) is 15.2. The number of hydrogen-bond donors (Lipinski definition) is 2. The van der Waals surface area contributed by atoms with Gasteiger partial charge in [-0.3, -0.25) is 15.5 Å². The Bertz CT molecular complexity index is 703. The van der Waals surface area contributed by atoms with Gasteiger partial charge in [0.25, 0.3) is 0 Å². The van der Waals surface area contributed by atoms with E-state index >= 15 is 0 Å². The first kappa shape index (κ1) is 15.5. The lowest BCUT2D eigenvalue weighted by molar-refractivity contribution is -0.380. The lowest BCUT2D eigenvalue weighted by Gasteiger charge is -2.02. The number of hydrogen-bond acceptors (Lipinski definition) is 6. The molecule has 2 rings (SSSR count). The smallest absolute Gasteiger partial charge is 0.307 e. The van der Waals surface area contributed by atoms with Crippen LogP contribution in [0.1, 0.15) is 5.56 Å². The minimum atomic E-state index is -0.509. The van der Waals surface area contributed by atoms with Crippen LogP contribution in [0.5, 0.6) is 0 Å². The van der Waals surface area contributed by atoms with Gasteiger partial charge in [-0.05, 0) is 41.3 Å². The Labute approximate surface area is 137 Å². The van der Waals surface area contributed by atoms with Crippen LogP contribution >= 0.6 is 39.5 Å². The van der Waals surface area contributed by atoms with Crippen molar-refractivity contribution in [3.8, 4) is 0 Å². The highest BCUT2D eigenvalue weighted by atomic mass is 79.9. The van der Waals surface area contributed by atoms with E-state index in [-0.39, 0.29) is 10.1 Å². The van der Waals surface area contributed by atoms with Crippen LogP contribution in [0.25, 0.3) is 0 Å². The normalized spacial score (nSPS) is 10.5. The molecule has 0 aliphatic heterocycles. The molecule has 0 bridgehead atoms. The van der Waals surface area contributed by atoms with Crippen LogP contribution < -0.4 is 10.7 Å². The first-order valence-corrected chi connectivity index (χ1v) is 7.52. The lowest BCUT2D eigenvalue weighted by atomic mass is 10.2. The molecule has 0 radical (unpaired) electrons. The number of nitro groups is 1. The van der Waals surface area contributed by atoms with E-state index in [0.29, 0.717) is 5.13 Å². The van der Waals surface area contributed by atoms with E-state index in [2.05, 4.69) is 36.8 Å². The molecule has 0 saturated carbocycles. The first-order chi connectivity index (χ1) is 10.0. The number of aromatic nitrogens is 1. The molecule has 1 aromatic heterocycles. The van der Waals surface area contributed by atoms with E-state index in [1.165, 1.54) is 6.20 Å². The van der Waals surface area contributed by atoms with Crippen LogP contribution in [0.3, 0.4) is 0 Å². The second kappa shape index (κ2) is 7.20. The quantitative estimate of drug-likeness (QED) is 0.363. The van der Waals surface area contributed by atoms with Crippen molar-refractivity contribution in [3.63, 3.8) is 0 Å². The summed E-state index contributed by atoms with van der Waals surface area (Å²) in [5.41, 5.74) is 3.50. The van der Waals surface area contributed by atoms with Crippen molar-refractivity contribution in [3.05, 3.63) is 50.6 Å². The van der Waals surface area contributed by atoms with Gasteiger partial charge in [0.05, 0.1) is 11.1 Å². The fraction of sp³-hybridized carbons (Fsp3) is 0. The minimum absolute atomic E-state index is 0.0575. The number of nitrogens with one attached hydrogen (secondary N) is 2. The second-order valence-electron chi connectivity index (χ2n) is 3.64. The number of nitrogens with zero attached hydrogens (tertiary/aromatic N) is 3. The van der Waals surface area contributed by atoms with Gasteiger partial charge >= 0.3 is 5.00 Å². The van der Waals surface area contributed by atoms with E-state index in [1.54, 1.807) is 6.21 Å². The molecule has 0 aliphatic rings. The average molecular weight is 386 g/mol. The van der Waals surface area contributed by atoms with E-state index in [4.69, 9.17) is 12.2 Å². The first-order valence-electron chi connectivity index (χ1n) is 5.50. The maximum atomic E-state index is 10.5. The second-order valence-corrected chi connectivity index (χ2v) is 5.97. The van der Waals surface area contributed by atoms with Gasteiger partial charge in [0.2, 0.25) is 0 Å². The number of hydrazone groups is 1. The topological polar surface area (TPSA) is 92.5 Å². The molecule has 1 heterocycles. The summed E-state index contributed by atoms with van der Waals surface area (Å²) in [5.74, 6) is 0. The molecule has 21 heavy (non-hydrogen) atoms. The molecule has 10 heteroatoms. The Kier molecular flexibility index (Phi) is 5.31. The Balaban J connectivity index is 1.88. The predicted octanol–water partition coefficient (Wildman–Crippen LogP) is 3.13. The maximum absolute atomic E-state index is 10.5. The molecule has 0 unspecified atom stereocenters. The predicted molar refractivity (Wildman–Crippen MR) is 89.9 cm³/mol. The average Bonchev–Trinajstić information content (AvgIpc) is 2.87. The SMILES string of the molecule is O=[N+]([O-])c1cnc(NC(=S)N/N=C\c2cccc(Br)c2)s1. The molecule has 2 N–H and O–H groups in total. The zero-order valence-electron chi connectivity index (χ0n) is 10.3. The molecule has 0 amide bonds. The van der Waals surface area contributed by atoms with E-state index in [1.807, 2.05) is 24.3 Å². The number of rotatable bonds is 4. The van der Waals surface area contributed by atoms with Crippen LogP contribution in [-0.4, -0.2) is 21.2 Å². The van der Waals surface area contributed by atoms with Gasteiger partial charge in [-0.15, -0.1) is 0 Å². The van der Waals surface area contributed by atoms with E-state index in [0.717, 1.165) is 21.4 Å². The van der Waals surface area contributed by atoms with Crippen molar-refractivity contribution in [1.29, 1.82) is 0 Å². The van der Waals surface area contributed by atoms with Crippen LogP contribution in [0, 0.1) is 10.1 Å². The highest BCUT2D eigenvalue weighted by Crippen LogP contribution is 2.24. The van der Waals surface area contributed by atoms with Crippen LogP contribution in [0.15, 0.2) is 40.0 Å². The summed E-state index contributed by atoms with van der Waals surface area (Å²) in [5, 5.41) is 17.7. The van der Waals surface area contributed by atoms with Crippen LogP contribution in [0.4, 0.5) is 10.1 Å². The molecule has 1 aromatic carbocycles. The Hall–Kier alpha value is -1.91. The molecule has 0 fully saturated rings. The number of thiocarbonyl (C=S) groups is 1. The summed E-state index contributed by atoms with van der Waals surface area (Å²) in [6.45, 7) is 0. The summed E-state index contributed by atoms with van der Waals surface area (Å²) >= 11 is 9.26. The molecule has 0 atom stereocenters. The minimum Gasteiger partial charge on any atom is -0.307 e. The van der Waals surface area contributed by atoms with Gasteiger partial charge in [0.1, 0.15) is 6.20 Å². The van der Waals surface area contributed by atoms with Gasteiger partial charge in [-0.2, -0.15) is 5.10 Å². The third-order valence-electron chi connectivity index (χ3n) is 2.12. The summed E-state index contributed by atoms with van der Waals surface area (Å²) in [6, 6.07) is 7.57. The number of benzene rings is 1. The molecule has 7 nitrogen and oxygen atoms in total. The standard InChI is InChI=1S/C11H8BrN5O2S2/c12-8-3-1-2-7(4-8)5-14-16-10(20)15-11-13-6-9(21-11)17(18)19/h1-6H,(H2,13,15,16,20)/b14-5-. The van der Waals surface area contributed by atoms with E-state index < -0.39 is 4.92 Å². The van der Waals surface area contributed by atoms with E-state index in [9.17, 15) is 10.1 Å². The van der Waals surface area contributed by atoms with Crippen molar-refractivity contribution in [2.24, 2.45) is 5.10 Å². The molecule has 0 saturated heterocycles. The van der Waals surface area contributed by atoms with Crippen LogP contribution in [0.2, 0.25) is 0 Å². The van der Waals surface area contributed by atoms with Crippen molar-refractivity contribution < 1.29 is 4.92 Å². The molecule has 108 valence electrons. The Morgan fingerprint density at radius 3 is 3.05 bits per heavy atom. The van der Waals surface area contributed by atoms with Crippen LogP contribution in [-0.2, 0) is 0 Å². The summed E-state index contributed by atoms with van der Waals surface area (Å²) in [6.07, 6.45) is 2.77. The lowest BCUT2D eigenvalue weighted by Crippen LogP contribution is -2.23. The third kappa shape index (κ3) is 4.85.